The second-order valence-electron chi connectivity index (χ2n) is 6.34. The SMILES string of the molecule is CCN(c1ccccc1)c1ncc(C(F)(F)F)c(OC2CCCCC2)n1. The largest absolute Gasteiger partial charge is 0.474 e. The van der Waals surface area contributed by atoms with Crippen molar-refractivity contribution in [1.29, 1.82) is 0 Å². The van der Waals surface area contributed by atoms with Crippen LogP contribution in [0.1, 0.15) is 44.6 Å². The highest BCUT2D eigenvalue weighted by molar-refractivity contribution is 5.57. The Morgan fingerprint density at radius 2 is 1.81 bits per heavy atom. The van der Waals surface area contributed by atoms with E-state index in [4.69, 9.17) is 4.74 Å². The summed E-state index contributed by atoms with van der Waals surface area (Å²) in [6, 6.07) is 9.34. The van der Waals surface area contributed by atoms with Gasteiger partial charge in [0, 0.05) is 18.4 Å². The van der Waals surface area contributed by atoms with Gasteiger partial charge in [-0.1, -0.05) is 24.6 Å². The molecule has 3 rings (SSSR count). The Balaban J connectivity index is 1.95. The van der Waals surface area contributed by atoms with Crippen LogP contribution >= 0.6 is 0 Å². The van der Waals surface area contributed by atoms with Crippen molar-refractivity contribution in [3.05, 3.63) is 42.1 Å². The third kappa shape index (κ3) is 4.26. The van der Waals surface area contributed by atoms with Crippen LogP contribution in [0.3, 0.4) is 0 Å². The van der Waals surface area contributed by atoms with Gasteiger partial charge >= 0.3 is 6.18 Å². The van der Waals surface area contributed by atoms with Gasteiger partial charge in [0.05, 0.1) is 0 Å². The number of anilines is 2. The maximum atomic E-state index is 13.4. The van der Waals surface area contributed by atoms with Crippen molar-refractivity contribution < 1.29 is 17.9 Å². The summed E-state index contributed by atoms with van der Waals surface area (Å²) < 4.78 is 45.8. The van der Waals surface area contributed by atoms with Crippen LogP contribution in [0.2, 0.25) is 0 Å². The lowest BCUT2D eigenvalue weighted by molar-refractivity contribution is -0.140. The first-order chi connectivity index (χ1) is 12.5. The summed E-state index contributed by atoms with van der Waals surface area (Å²) in [5, 5.41) is 0. The second kappa shape index (κ2) is 7.93. The van der Waals surface area contributed by atoms with Gasteiger partial charge < -0.3 is 9.64 Å². The maximum Gasteiger partial charge on any atom is 0.423 e. The number of hydrogen-bond acceptors (Lipinski definition) is 4. The van der Waals surface area contributed by atoms with Crippen molar-refractivity contribution in [2.75, 3.05) is 11.4 Å². The van der Waals surface area contributed by atoms with E-state index in [9.17, 15) is 13.2 Å². The average Bonchev–Trinajstić information content (AvgIpc) is 2.63. The van der Waals surface area contributed by atoms with Crippen molar-refractivity contribution in [2.45, 2.75) is 51.3 Å². The molecule has 1 aromatic carbocycles. The molecular weight excluding hydrogens is 343 g/mol. The minimum absolute atomic E-state index is 0.206. The van der Waals surface area contributed by atoms with Crippen molar-refractivity contribution in [3.63, 3.8) is 0 Å². The minimum atomic E-state index is -4.55. The highest BCUT2D eigenvalue weighted by Gasteiger charge is 2.37. The van der Waals surface area contributed by atoms with Gasteiger partial charge in [-0.15, -0.1) is 0 Å². The number of halogens is 3. The fraction of sp³-hybridized carbons (Fsp3) is 0.474. The molecular formula is C19H22F3N3O. The number of para-hydroxylation sites is 1. The number of alkyl halides is 3. The Morgan fingerprint density at radius 3 is 2.42 bits per heavy atom. The van der Waals surface area contributed by atoms with Gasteiger partial charge in [0.1, 0.15) is 11.7 Å². The van der Waals surface area contributed by atoms with E-state index in [1.807, 2.05) is 37.3 Å². The monoisotopic (exact) mass is 365 g/mol. The molecule has 0 amide bonds. The van der Waals surface area contributed by atoms with Gasteiger partial charge in [0.2, 0.25) is 11.8 Å². The zero-order valence-electron chi connectivity index (χ0n) is 14.7. The zero-order chi connectivity index (χ0) is 18.6. The average molecular weight is 365 g/mol. The van der Waals surface area contributed by atoms with Crippen molar-refractivity contribution in [3.8, 4) is 5.88 Å². The zero-order valence-corrected chi connectivity index (χ0v) is 14.7. The van der Waals surface area contributed by atoms with Gasteiger partial charge in [-0.2, -0.15) is 18.2 Å². The normalized spacial score (nSPS) is 15.7. The molecule has 0 bridgehead atoms. The molecule has 0 atom stereocenters. The summed E-state index contributed by atoms with van der Waals surface area (Å²) >= 11 is 0. The molecule has 140 valence electrons. The molecule has 7 heteroatoms. The van der Waals surface area contributed by atoms with E-state index in [0.717, 1.165) is 44.0 Å². The van der Waals surface area contributed by atoms with Crippen LogP contribution in [0.15, 0.2) is 36.5 Å². The van der Waals surface area contributed by atoms with Crippen LogP contribution in [0.25, 0.3) is 0 Å². The Morgan fingerprint density at radius 1 is 1.12 bits per heavy atom. The molecule has 1 fully saturated rings. The number of ether oxygens (including phenoxy) is 1. The third-order valence-electron chi connectivity index (χ3n) is 4.50. The fourth-order valence-corrected chi connectivity index (χ4v) is 3.16. The van der Waals surface area contributed by atoms with E-state index >= 15 is 0 Å². The Hall–Kier alpha value is -2.31. The molecule has 1 heterocycles. The molecule has 1 aromatic heterocycles. The van der Waals surface area contributed by atoms with Crippen molar-refractivity contribution >= 4 is 11.6 Å². The highest BCUT2D eigenvalue weighted by atomic mass is 19.4. The Labute approximate surface area is 151 Å². The summed E-state index contributed by atoms with van der Waals surface area (Å²) in [6.45, 7) is 2.42. The van der Waals surface area contributed by atoms with Crippen LogP contribution in [0.4, 0.5) is 24.8 Å². The lowest BCUT2D eigenvalue weighted by Crippen LogP contribution is -2.24. The molecule has 2 aromatic rings. The fourth-order valence-electron chi connectivity index (χ4n) is 3.16. The smallest absolute Gasteiger partial charge is 0.423 e. The first-order valence-electron chi connectivity index (χ1n) is 8.92. The Bertz CT molecular complexity index is 716. The van der Waals surface area contributed by atoms with Gasteiger partial charge in [-0.25, -0.2) is 4.98 Å². The molecule has 1 aliphatic rings. The van der Waals surface area contributed by atoms with Crippen LogP contribution in [-0.2, 0) is 6.18 Å². The summed E-state index contributed by atoms with van der Waals surface area (Å²) in [7, 11) is 0. The first-order valence-corrected chi connectivity index (χ1v) is 8.92. The first kappa shape index (κ1) is 18.5. The van der Waals surface area contributed by atoms with E-state index < -0.39 is 11.7 Å². The quantitative estimate of drug-likeness (QED) is 0.714. The lowest BCUT2D eigenvalue weighted by atomic mass is 9.98. The topological polar surface area (TPSA) is 38.2 Å². The van der Waals surface area contributed by atoms with Gasteiger partial charge in [-0.05, 0) is 44.7 Å². The van der Waals surface area contributed by atoms with Crippen molar-refractivity contribution in [2.24, 2.45) is 0 Å². The van der Waals surface area contributed by atoms with E-state index in [0.29, 0.717) is 6.54 Å². The molecule has 0 unspecified atom stereocenters. The standard InChI is InChI=1S/C19H22F3N3O/c1-2-25(14-9-5-3-6-10-14)18-23-13-16(19(20,21)22)17(24-18)26-15-11-7-4-8-12-15/h3,5-6,9-10,13,15H,2,4,7-8,11-12H2,1H3. The number of nitrogens with zero attached hydrogens (tertiary/aromatic N) is 3. The summed E-state index contributed by atoms with van der Waals surface area (Å²) in [5.41, 5.74) is -0.102. The Kier molecular flexibility index (Phi) is 5.64. The molecule has 0 spiro atoms. The number of hydrogen-bond donors (Lipinski definition) is 0. The van der Waals surface area contributed by atoms with E-state index in [-0.39, 0.29) is 17.9 Å². The predicted octanol–water partition coefficient (Wildman–Crippen LogP) is 5.36. The molecule has 0 aliphatic heterocycles. The highest BCUT2D eigenvalue weighted by Crippen LogP contribution is 2.37. The molecule has 0 radical (unpaired) electrons. The molecule has 1 aliphatic carbocycles. The molecule has 4 nitrogen and oxygen atoms in total. The number of aromatic nitrogens is 2. The van der Waals surface area contributed by atoms with Crippen LogP contribution in [0.5, 0.6) is 5.88 Å². The van der Waals surface area contributed by atoms with Crippen LogP contribution in [0, 0.1) is 0 Å². The van der Waals surface area contributed by atoms with E-state index in [2.05, 4.69) is 9.97 Å². The summed E-state index contributed by atoms with van der Waals surface area (Å²) in [5.74, 6) is -0.165. The van der Waals surface area contributed by atoms with Gasteiger partial charge in [0.15, 0.2) is 0 Å². The van der Waals surface area contributed by atoms with E-state index in [1.165, 1.54) is 0 Å². The predicted molar refractivity (Wildman–Crippen MR) is 93.7 cm³/mol. The summed E-state index contributed by atoms with van der Waals surface area (Å²) in [4.78, 5) is 9.87. The maximum absolute atomic E-state index is 13.4. The number of rotatable bonds is 5. The molecule has 1 saturated carbocycles. The van der Waals surface area contributed by atoms with Crippen LogP contribution in [-0.4, -0.2) is 22.6 Å². The molecule has 0 saturated heterocycles. The van der Waals surface area contributed by atoms with Gasteiger partial charge in [0.25, 0.3) is 0 Å². The second-order valence-corrected chi connectivity index (χ2v) is 6.34. The minimum Gasteiger partial charge on any atom is -0.474 e. The summed E-state index contributed by atoms with van der Waals surface area (Å²) in [6.07, 6.45) is 0.597. The molecule has 26 heavy (non-hydrogen) atoms. The van der Waals surface area contributed by atoms with Crippen molar-refractivity contribution in [1.82, 2.24) is 9.97 Å². The lowest BCUT2D eigenvalue weighted by Gasteiger charge is -2.26. The van der Waals surface area contributed by atoms with E-state index in [1.54, 1.807) is 4.90 Å². The van der Waals surface area contributed by atoms with Gasteiger partial charge in [-0.3, -0.25) is 0 Å². The molecule has 0 N–H and O–H groups in total. The van der Waals surface area contributed by atoms with Crippen LogP contribution < -0.4 is 9.64 Å². The number of benzene rings is 1. The third-order valence-corrected chi connectivity index (χ3v) is 4.50.